The first-order chi connectivity index (χ1) is 15.7. The van der Waals surface area contributed by atoms with E-state index in [2.05, 4.69) is 45.9 Å². The number of methoxy groups -OCH3 is 2. The van der Waals surface area contributed by atoms with Gasteiger partial charge >= 0.3 is 0 Å². The maximum Gasteiger partial charge on any atom is 0.225 e. The average molecular weight is 464 g/mol. The summed E-state index contributed by atoms with van der Waals surface area (Å²) in [6.45, 7) is 9.55. The highest BCUT2D eigenvalue weighted by Crippen LogP contribution is 2.29. The van der Waals surface area contributed by atoms with Crippen LogP contribution in [0.3, 0.4) is 0 Å². The highest BCUT2D eigenvalue weighted by Gasteiger charge is 2.22. The van der Waals surface area contributed by atoms with Crippen LogP contribution in [0.25, 0.3) is 0 Å². The Labute approximate surface area is 201 Å². The zero-order valence-electron chi connectivity index (χ0n) is 21.9. The smallest absolute Gasteiger partial charge is 0.225 e. The zero-order chi connectivity index (χ0) is 24.8. The van der Waals surface area contributed by atoms with Crippen molar-refractivity contribution in [3.8, 4) is 11.5 Å². The second-order valence-corrected chi connectivity index (χ2v) is 9.22. The molecule has 0 radical (unpaired) electrons. The molecule has 0 N–H and O–H groups in total. The van der Waals surface area contributed by atoms with Crippen molar-refractivity contribution in [1.29, 1.82) is 0 Å². The summed E-state index contributed by atoms with van der Waals surface area (Å²) in [4.78, 5) is 14.1. The van der Waals surface area contributed by atoms with Crippen molar-refractivity contribution in [2.75, 3.05) is 41.5 Å². The topological polar surface area (TPSA) is 57.2 Å². The second kappa shape index (κ2) is 15.7. The molecular weight excluding hydrogens is 418 g/mol. The lowest BCUT2D eigenvalue weighted by atomic mass is 9.91. The predicted molar refractivity (Wildman–Crippen MR) is 134 cm³/mol. The van der Waals surface area contributed by atoms with Gasteiger partial charge in [-0.15, -0.1) is 0 Å². The molecule has 0 bridgehead atoms. The van der Waals surface area contributed by atoms with Crippen molar-refractivity contribution < 1.29 is 23.7 Å². The molecule has 33 heavy (non-hydrogen) atoms. The van der Waals surface area contributed by atoms with Crippen LogP contribution in [0.15, 0.2) is 30.4 Å². The molecule has 1 aromatic rings. The van der Waals surface area contributed by atoms with Crippen LogP contribution in [0, 0.1) is 11.8 Å². The third kappa shape index (κ3) is 11.1. The van der Waals surface area contributed by atoms with Crippen LogP contribution >= 0.6 is 0 Å². The number of carbonyl (C=O) groups is 1. The summed E-state index contributed by atoms with van der Waals surface area (Å²) in [6, 6.07) is 6.05. The molecule has 2 atom stereocenters. The molecule has 188 valence electrons. The third-order valence-corrected chi connectivity index (χ3v) is 5.42. The van der Waals surface area contributed by atoms with E-state index in [9.17, 15) is 4.79 Å². The Hall–Kier alpha value is -2.05. The molecule has 0 fully saturated rings. The van der Waals surface area contributed by atoms with E-state index < -0.39 is 0 Å². The van der Waals surface area contributed by atoms with Gasteiger partial charge < -0.3 is 23.8 Å². The standard InChI is InChI=1S/C27H45NO5/c1-20(2)24(27(29)28(5)6)13-10-9-12-23(33-21(3)4)18-22-14-15-25(31-8)26(19-22)32-17-11-16-30-7/h9-10,14-15,19-21,23-24H,11-13,16-18H2,1-8H3. The molecule has 1 amide bonds. The highest BCUT2D eigenvalue weighted by atomic mass is 16.5. The summed E-state index contributed by atoms with van der Waals surface area (Å²) >= 11 is 0. The van der Waals surface area contributed by atoms with Crippen molar-refractivity contribution >= 4 is 5.91 Å². The van der Waals surface area contributed by atoms with Gasteiger partial charge in [0.15, 0.2) is 11.5 Å². The van der Waals surface area contributed by atoms with Gasteiger partial charge in [-0.25, -0.2) is 0 Å². The van der Waals surface area contributed by atoms with E-state index in [1.165, 1.54) is 0 Å². The largest absolute Gasteiger partial charge is 0.493 e. The van der Waals surface area contributed by atoms with E-state index in [0.29, 0.717) is 19.1 Å². The molecule has 1 rings (SSSR count). The number of rotatable bonds is 16. The highest BCUT2D eigenvalue weighted by molar-refractivity contribution is 5.78. The number of ether oxygens (including phenoxy) is 4. The Kier molecular flexibility index (Phi) is 13.8. The SMILES string of the molecule is COCCCOc1cc(CC(CC=CCC(C(=O)N(C)C)C(C)C)OC(C)C)ccc1OC. The molecule has 6 nitrogen and oxygen atoms in total. The molecule has 0 saturated heterocycles. The minimum absolute atomic E-state index is 0.000112. The Morgan fingerprint density at radius 2 is 1.70 bits per heavy atom. The van der Waals surface area contributed by atoms with Gasteiger partial charge in [0.25, 0.3) is 0 Å². The lowest BCUT2D eigenvalue weighted by Gasteiger charge is -2.23. The van der Waals surface area contributed by atoms with Gasteiger partial charge in [0, 0.05) is 40.2 Å². The van der Waals surface area contributed by atoms with Crippen molar-refractivity contribution in [2.45, 2.75) is 65.6 Å². The zero-order valence-corrected chi connectivity index (χ0v) is 21.9. The van der Waals surface area contributed by atoms with Gasteiger partial charge in [-0.1, -0.05) is 32.1 Å². The number of benzene rings is 1. The lowest BCUT2D eigenvalue weighted by Crippen LogP contribution is -2.32. The van der Waals surface area contributed by atoms with Crippen molar-refractivity contribution in [3.63, 3.8) is 0 Å². The van der Waals surface area contributed by atoms with Gasteiger partial charge in [0.05, 0.1) is 25.9 Å². The van der Waals surface area contributed by atoms with Crippen LogP contribution in [-0.4, -0.2) is 64.5 Å². The summed E-state index contributed by atoms with van der Waals surface area (Å²) < 4.78 is 22.7. The number of carbonyl (C=O) groups excluding carboxylic acids is 1. The van der Waals surface area contributed by atoms with E-state index in [4.69, 9.17) is 18.9 Å². The summed E-state index contributed by atoms with van der Waals surface area (Å²) in [5, 5.41) is 0. The maximum absolute atomic E-state index is 12.4. The van der Waals surface area contributed by atoms with Crippen molar-refractivity contribution in [3.05, 3.63) is 35.9 Å². The van der Waals surface area contributed by atoms with Gasteiger partial charge in [-0.2, -0.15) is 0 Å². The van der Waals surface area contributed by atoms with E-state index in [1.54, 1.807) is 19.1 Å². The number of hydrogen-bond acceptors (Lipinski definition) is 5. The molecule has 0 aliphatic carbocycles. The number of hydrogen-bond donors (Lipinski definition) is 0. The first-order valence-electron chi connectivity index (χ1n) is 12.0. The fourth-order valence-electron chi connectivity index (χ4n) is 3.66. The molecule has 0 aromatic heterocycles. The van der Waals surface area contributed by atoms with Gasteiger partial charge in [0.2, 0.25) is 5.91 Å². The summed E-state index contributed by atoms with van der Waals surface area (Å²) in [5.74, 6) is 1.95. The number of nitrogens with zero attached hydrogens (tertiary/aromatic N) is 1. The van der Waals surface area contributed by atoms with E-state index in [1.807, 2.05) is 26.2 Å². The Balaban J connectivity index is 2.82. The van der Waals surface area contributed by atoms with Gasteiger partial charge in [-0.05, 0) is 56.7 Å². The summed E-state index contributed by atoms with van der Waals surface area (Å²) in [6.07, 6.45) is 7.56. The normalized spacial score (nSPS) is 13.5. The first kappa shape index (κ1) is 29.0. The Morgan fingerprint density at radius 3 is 2.27 bits per heavy atom. The first-order valence-corrected chi connectivity index (χ1v) is 12.0. The maximum atomic E-state index is 12.4. The van der Waals surface area contributed by atoms with Crippen molar-refractivity contribution in [1.82, 2.24) is 4.90 Å². The van der Waals surface area contributed by atoms with Crippen LogP contribution in [0.4, 0.5) is 0 Å². The van der Waals surface area contributed by atoms with Crippen LogP contribution < -0.4 is 9.47 Å². The monoisotopic (exact) mass is 463 g/mol. The number of amides is 1. The molecule has 6 heteroatoms. The molecule has 0 spiro atoms. The molecule has 0 saturated carbocycles. The Bertz CT molecular complexity index is 714. The van der Waals surface area contributed by atoms with E-state index >= 15 is 0 Å². The minimum atomic E-state index is 0.000112. The predicted octanol–water partition coefficient (Wildman–Crippen LogP) is 5.14. The molecular formula is C27H45NO5. The molecule has 1 aromatic carbocycles. The molecule has 2 unspecified atom stereocenters. The van der Waals surface area contributed by atoms with Crippen LogP contribution in [0.1, 0.15) is 52.5 Å². The van der Waals surface area contributed by atoms with Gasteiger partial charge in [0.1, 0.15) is 0 Å². The summed E-state index contributed by atoms with van der Waals surface area (Å²) in [5.41, 5.74) is 1.14. The van der Waals surface area contributed by atoms with Crippen LogP contribution in [0.2, 0.25) is 0 Å². The Morgan fingerprint density at radius 1 is 1.00 bits per heavy atom. The minimum Gasteiger partial charge on any atom is -0.493 e. The second-order valence-electron chi connectivity index (χ2n) is 9.22. The van der Waals surface area contributed by atoms with Crippen LogP contribution in [-0.2, 0) is 20.7 Å². The fourth-order valence-corrected chi connectivity index (χ4v) is 3.66. The van der Waals surface area contributed by atoms with E-state index in [0.717, 1.165) is 42.7 Å². The third-order valence-electron chi connectivity index (χ3n) is 5.42. The molecule has 0 aliphatic heterocycles. The molecule has 0 aliphatic rings. The quantitative estimate of drug-likeness (QED) is 0.251. The average Bonchev–Trinajstić information content (AvgIpc) is 2.75. The van der Waals surface area contributed by atoms with E-state index in [-0.39, 0.29) is 24.0 Å². The van der Waals surface area contributed by atoms with Crippen molar-refractivity contribution in [2.24, 2.45) is 11.8 Å². The lowest BCUT2D eigenvalue weighted by molar-refractivity contribution is -0.134. The summed E-state index contributed by atoms with van der Waals surface area (Å²) in [7, 11) is 6.97. The van der Waals surface area contributed by atoms with Gasteiger partial charge in [-0.3, -0.25) is 4.79 Å². The van der Waals surface area contributed by atoms with Crippen LogP contribution in [0.5, 0.6) is 11.5 Å². The number of allylic oxidation sites excluding steroid dienone is 1. The molecule has 0 heterocycles. The fraction of sp³-hybridized carbons (Fsp3) is 0.667.